The highest BCUT2D eigenvalue weighted by Crippen LogP contribution is 2.26. The van der Waals surface area contributed by atoms with E-state index in [1.165, 1.54) is 24.4 Å². The van der Waals surface area contributed by atoms with Gasteiger partial charge in [0.25, 0.3) is 0 Å². The zero-order valence-electron chi connectivity index (χ0n) is 9.34. The highest BCUT2D eigenvalue weighted by Gasteiger charge is 2.15. The van der Waals surface area contributed by atoms with Gasteiger partial charge in [0.2, 0.25) is 5.89 Å². The van der Waals surface area contributed by atoms with E-state index in [0.29, 0.717) is 12.4 Å². The Hall–Kier alpha value is -1.75. The molecule has 0 saturated carbocycles. The lowest BCUT2D eigenvalue weighted by Crippen LogP contribution is -2.11. The Morgan fingerprint density at radius 1 is 1.29 bits per heavy atom. The first-order chi connectivity index (χ1) is 8.22. The minimum absolute atomic E-state index is 0.105. The zero-order chi connectivity index (χ0) is 12.3. The first kappa shape index (κ1) is 11.7. The normalized spacial score (nSPS) is 10.8. The Balaban J connectivity index is 2.30. The summed E-state index contributed by atoms with van der Waals surface area (Å²) in [5, 5.41) is 3.01. The van der Waals surface area contributed by atoms with E-state index >= 15 is 0 Å². The summed E-state index contributed by atoms with van der Waals surface area (Å²) < 4.78 is 32.2. The molecular formula is C12H12F2N2O. The molecule has 0 fully saturated rings. The second kappa shape index (κ2) is 5.05. The Bertz CT molecular complexity index is 491. The Morgan fingerprint density at radius 3 is 2.65 bits per heavy atom. The fraction of sp³-hybridized carbons (Fsp3) is 0.250. The van der Waals surface area contributed by atoms with Crippen molar-refractivity contribution >= 4 is 0 Å². The average Bonchev–Trinajstić information content (AvgIpc) is 2.75. The van der Waals surface area contributed by atoms with Crippen LogP contribution in [0.25, 0.3) is 11.3 Å². The average molecular weight is 238 g/mol. The third-order valence-corrected chi connectivity index (χ3v) is 2.29. The number of hydrogen-bond donors (Lipinski definition) is 1. The molecule has 0 bridgehead atoms. The molecule has 0 amide bonds. The largest absolute Gasteiger partial charge is 0.439 e. The van der Waals surface area contributed by atoms with Crippen LogP contribution in [0.4, 0.5) is 8.78 Å². The number of nitrogens with one attached hydrogen (secondary N) is 1. The van der Waals surface area contributed by atoms with E-state index < -0.39 is 11.6 Å². The molecule has 1 aromatic heterocycles. The van der Waals surface area contributed by atoms with Crippen molar-refractivity contribution in [2.75, 3.05) is 6.54 Å². The summed E-state index contributed by atoms with van der Waals surface area (Å²) in [5.41, 5.74) is -0.178. The smallest absolute Gasteiger partial charge is 0.208 e. The molecule has 1 N–H and O–H groups in total. The van der Waals surface area contributed by atoms with E-state index in [-0.39, 0.29) is 11.3 Å². The first-order valence-electron chi connectivity index (χ1n) is 5.32. The molecule has 90 valence electrons. The fourth-order valence-corrected chi connectivity index (χ4v) is 1.47. The van der Waals surface area contributed by atoms with Crippen molar-refractivity contribution in [1.82, 2.24) is 10.3 Å². The van der Waals surface area contributed by atoms with Crippen molar-refractivity contribution in [3.05, 3.63) is 41.9 Å². The van der Waals surface area contributed by atoms with Gasteiger partial charge in [0.1, 0.15) is 11.6 Å². The van der Waals surface area contributed by atoms with E-state index in [4.69, 9.17) is 4.42 Å². The molecule has 0 saturated heterocycles. The summed E-state index contributed by atoms with van der Waals surface area (Å²) in [4.78, 5) is 3.95. The third kappa shape index (κ3) is 2.50. The summed E-state index contributed by atoms with van der Waals surface area (Å²) >= 11 is 0. The Morgan fingerprint density at radius 2 is 2.00 bits per heavy atom. The number of oxazole rings is 1. The van der Waals surface area contributed by atoms with Gasteiger partial charge in [-0.2, -0.15) is 0 Å². The number of nitrogens with zero attached hydrogens (tertiary/aromatic N) is 1. The Labute approximate surface area is 97.5 Å². The van der Waals surface area contributed by atoms with Crippen LogP contribution in [0.2, 0.25) is 0 Å². The van der Waals surface area contributed by atoms with Crippen LogP contribution >= 0.6 is 0 Å². The maximum Gasteiger partial charge on any atom is 0.208 e. The van der Waals surface area contributed by atoms with Crippen molar-refractivity contribution in [1.29, 1.82) is 0 Å². The van der Waals surface area contributed by atoms with Gasteiger partial charge in [0, 0.05) is 0 Å². The molecule has 0 spiro atoms. The van der Waals surface area contributed by atoms with Gasteiger partial charge in [-0.05, 0) is 18.7 Å². The molecule has 0 aliphatic heterocycles. The van der Waals surface area contributed by atoms with Crippen LogP contribution in [0.3, 0.4) is 0 Å². The quantitative estimate of drug-likeness (QED) is 0.890. The number of hydrogen-bond acceptors (Lipinski definition) is 3. The molecule has 0 radical (unpaired) electrons. The summed E-state index contributed by atoms with van der Waals surface area (Å²) in [6.07, 6.45) is 1.33. The second-order valence-corrected chi connectivity index (χ2v) is 3.50. The van der Waals surface area contributed by atoms with E-state index in [2.05, 4.69) is 10.3 Å². The molecule has 2 rings (SSSR count). The van der Waals surface area contributed by atoms with E-state index in [0.717, 1.165) is 6.54 Å². The van der Waals surface area contributed by atoms with Crippen molar-refractivity contribution in [2.24, 2.45) is 0 Å². The van der Waals surface area contributed by atoms with Crippen LogP contribution in [0, 0.1) is 11.6 Å². The van der Waals surface area contributed by atoms with Crippen LogP contribution in [0.1, 0.15) is 12.8 Å². The molecule has 0 aliphatic carbocycles. The van der Waals surface area contributed by atoms with Gasteiger partial charge in [-0.1, -0.05) is 13.0 Å². The van der Waals surface area contributed by atoms with Crippen LogP contribution in [0.15, 0.2) is 28.8 Å². The number of aromatic nitrogens is 1. The Kier molecular flexibility index (Phi) is 3.49. The van der Waals surface area contributed by atoms with E-state index in [9.17, 15) is 8.78 Å². The molecule has 1 heterocycles. The van der Waals surface area contributed by atoms with E-state index in [1.807, 2.05) is 6.92 Å². The lowest BCUT2D eigenvalue weighted by molar-refractivity contribution is 0.475. The van der Waals surface area contributed by atoms with Crippen molar-refractivity contribution < 1.29 is 13.2 Å². The van der Waals surface area contributed by atoms with Crippen LogP contribution < -0.4 is 5.32 Å². The number of halogens is 2. The van der Waals surface area contributed by atoms with Crippen LogP contribution in [-0.4, -0.2) is 11.5 Å². The maximum atomic E-state index is 13.5. The predicted octanol–water partition coefficient (Wildman–Crippen LogP) is 2.73. The molecule has 2 aromatic rings. The third-order valence-electron chi connectivity index (χ3n) is 2.29. The molecule has 0 atom stereocenters. The van der Waals surface area contributed by atoms with Gasteiger partial charge < -0.3 is 9.73 Å². The maximum absolute atomic E-state index is 13.5. The van der Waals surface area contributed by atoms with Gasteiger partial charge in [-0.25, -0.2) is 13.8 Å². The summed E-state index contributed by atoms with van der Waals surface area (Å²) in [5.74, 6) is -0.801. The number of benzene rings is 1. The standard InChI is InChI=1S/C12H12F2N2O/c1-2-15-7-11-16-6-10(17-11)12-8(13)4-3-5-9(12)14/h3-6,15H,2,7H2,1H3. The van der Waals surface area contributed by atoms with Gasteiger partial charge in [0.15, 0.2) is 5.76 Å². The van der Waals surface area contributed by atoms with Crippen molar-refractivity contribution in [2.45, 2.75) is 13.5 Å². The van der Waals surface area contributed by atoms with E-state index in [1.54, 1.807) is 0 Å². The molecule has 17 heavy (non-hydrogen) atoms. The molecule has 0 aliphatic rings. The predicted molar refractivity (Wildman–Crippen MR) is 59.2 cm³/mol. The summed E-state index contributed by atoms with van der Waals surface area (Å²) in [6.45, 7) is 3.15. The summed E-state index contributed by atoms with van der Waals surface area (Å²) in [6, 6.07) is 3.68. The first-order valence-corrected chi connectivity index (χ1v) is 5.32. The van der Waals surface area contributed by atoms with Crippen molar-refractivity contribution in [3.63, 3.8) is 0 Å². The minimum Gasteiger partial charge on any atom is -0.439 e. The minimum atomic E-state index is -0.656. The van der Waals surface area contributed by atoms with Crippen LogP contribution in [-0.2, 0) is 6.54 Å². The molecular weight excluding hydrogens is 226 g/mol. The topological polar surface area (TPSA) is 38.1 Å². The zero-order valence-corrected chi connectivity index (χ0v) is 9.34. The summed E-state index contributed by atoms with van der Waals surface area (Å²) in [7, 11) is 0. The fourth-order valence-electron chi connectivity index (χ4n) is 1.47. The van der Waals surface area contributed by atoms with Gasteiger partial charge in [-0.15, -0.1) is 0 Å². The highest BCUT2D eigenvalue weighted by molar-refractivity contribution is 5.57. The molecule has 0 unspecified atom stereocenters. The number of rotatable bonds is 4. The highest BCUT2D eigenvalue weighted by atomic mass is 19.1. The van der Waals surface area contributed by atoms with Gasteiger partial charge in [-0.3, -0.25) is 0 Å². The van der Waals surface area contributed by atoms with Gasteiger partial charge >= 0.3 is 0 Å². The van der Waals surface area contributed by atoms with Gasteiger partial charge in [0.05, 0.1) is 18.3 Å². The molecule has 1 aromatic carbocycles. The monoisotopic (exact) mass is 238 g/mol. The van der Waals surface area contributed by atoms with Crippen molar-refractivity contribution in [3.8, 4) is 11.3 Å². The molecule has 5 heteroatoms. The molecule has 3 nitrogen and oxygen atoms in total. The SMILES string of the molecule is CCNCc1ncc(-c2c(F)cccc2F)o1. The van der Waals surface area contributed by atoms with Crippen LogP contribution in [0.5, 0.6) is 0 Å². The lowest BCUT2D eigenvalue weighted by Gasteiger charge is -2.00. The second-order valence-electron chi connectivity index (χ2n) is 3.50. The lowest BCUT2D eigenvalue weighted by atomic mass is 10.1.